The maximum Gasteiger partial charge on any atom is 0.327 e. The number of hydrogen-bond acceptors (Lipinski definition) is 17. The van der Waals surface area contributed by atoms with Gasteiger partial charge in [-0.1, -0.05) is 75.4 Å². The Balaban J connectivity index is -0.0000000887. The molecule has 0 N–H and O–H groups in total. The summed E-state index contributed by atoms with van der Waals surface area (Å²) in [4.78, 5) is 44.8. The number of hydrogen-bond donors (Lipinski definition) is 0. The summed E-state index contributed by atoms with van der Waals surface area (Å²) >= 11 is 4.32. The largest absolute Gasteiger partial charge is 0.497 e. The summed E-state index contributed by atoms with van der Waals surface area (Å²) in [7, 11) is 9.91. The number of rotatable bonds is 22. The van der Waals surface area contributed by atoms with E-state index in [1.54, 1.807) is 32.5 Å². The lowest BCUT2D eigenvalue weighted by molar-refractivity contribution is -0.129. The monoisotopic (exact) mass is 1080 g/mol. The number of methoxy groups -OCH3 is 4. The van der Waals surface area contributed by atoms with E-state index >= 15 is 0 Å². The quantitative estimate of drug-likeness (QED) is 0.0462. The molecule has 0 bridgehead atoms. The van der Waals surface area contributed by atoms with E-state index in [1.165, 1.54) is 64.7 Å². The lowest BCUT2D eigenvalue weighted by Gasteiger charge is -2.24. The van der Waals surface area contributed by atoms with Crippen LogP contribution in [0.5, 0.6) is 11.5 Å². The second-order valence-corrected chi connectivity index (χ2v) is 14.5. The topological polar surface area (TPSA) is 227 Å². The van der Waals surface area contributed by atoms with Crippen molar-refractivity contribution in [2.75, 3.05) is 54.9 Å². The second-order valence-electron chi connectivity index (χ2n) is 13.6. The Bertz CT molecular complexity index is 1180. The highest BCUT2D eigenvalue weighted by molar-refractivity contribution is 7.17. The minimum Gasteiger partial charge on any atom is -0.497 e. The fourth-order valence-corrected chi connectivity index (χ4v) is 5.87. The molecule has 0 spiro atoms. The Hall–Kier alpha value is -3.48. The van der Waals surface area contributed by atoms with Gasteiger partial charge < -0.3 is 38.0 Å². The summed E-state index contributed by atoms with van der Waals surface area (Å²) in [6, 6.07) is 19.4. The van der Waals surface area contributed by atoms with Crippen LogP contribution >= 0.6 is 47.2 Å². The smallest absolute Gasteiger partial charge is 0.327 e. The molecule has 4 rings (SSSR count). The van der Waals surface area contributed by atoms with Crippen LogP contribution < -0.4 is 9.47 Å². The van der Waals surface area contributed by atoms with Crippen LogP contribution in [0.2, 0.25) is 0 Å². The number of unbranched alkanes of at least 4 members (excludes halogenated alkanes) is 6. The Kier molecular flexibility index (Phi) is 94.1. The van der Waals surface area contributed by atoms with Crippen molar-refractivity contribution in [2.24, 2.45) is 5.92 Å². The molecule has 2 aliphatic rings. The molecule has 0 amide bonds. The van der Waals surface area contributed by atoms with Crippen LogP contribution in [-0.2, 0) is 70.2 Å². The second kappa shape index (κ2) is 81.5. The number of carbonyl (C=O) groups is 5. The number of halogens is 1. The van der Waals surface area contributed by atoms with Crippen molar-refractivity contribution in [2.45, 2.75) is 135 Å². The Labute approximate surface area is 428 Å². The summed E-state index contributed by atoms with van der Waals surface area (Å²) in [5.74, 6) is 2.98. The molecule has 0 radical (unpaired) electrons. The number of benzene rings is 2. The van der Waals surface area contributed by atoms with Crippen molar-refractivity contribution in [1.82, 2.24) is 0 Å². The Morgan fingerprint density at radius 3 is 1.12 bits per heavy atom. The molecule has 0 saturated heterocycles. The van der Waals surface area contributed by atoms with E-state index in [0.29, 0.717) is 51.6 Å². The molecule has 0 heterocycles. The van der Waals surface area contributed by atoms with Gasteiger partial charge in [-0.2, -0.15) is 0 Å². The lowest BCUT2D eigenvalue weighted by atomic mass is 9.89. The van der Waals surface area contributed by atoms with E-state index < -0.39 is 0 Å². The average molecular weight is 1080 g/mol. The summed E-state index contributed by atoms with van der Waals surface area (Å²) in [6.07, 6.45) is 21.5. The van der Waals surface area contributed by atoms with E-state index in [0.717, 1.165) is 75.1 Å². The van der Waals surface area contributed by atoms with Crippen LogP contribution in [0, 0.1) is 5.92 Å². The molecular formula is C47H85ClO17P4. The molecule has 0 aromatic heterocycles. The minimum atomic E-state index is -0.245. The fourth-order valence-electron chi connectivity index (χ4n) is 5.46. The van der Waals surface area contributed by atoms with Gasteiger partial charge in [-0.05, 0) is 126 Å². The van der Waals surface area contributed by atoms with Crippen molar-refractivity contribution in [3.63, 3.8) is 0 Å². The molecule has 2 fully saturated rings. The summed E-state index contributed by atoms with van der Waals surface area (Å²) in [6.45, 7) is 8.71. The van der Waals surface area contributed by atoms with E-state index in [4.69, 9.17) is 42.5 Å². The highest BCUT2D eigenvalue weighted by atomic mass is 35.5. The molecule has 402 valence electrons. The van der Waals surface area contributed by atoms with Crippen LogP contribution in [0.25, 0.3) is 0 Å². The van der Waals surface area contributed by atoms with Crippen molar-refractivity contribution >= 4 is 79.0 Å². The lowest BCUT2D eigenvalue weighted by Crippen LogP contribution is -2.18. The maximum absolute atomic E-state index is 9.80. The SMILES string of the molecule is C=O.CC=O.COC1CCC(C)CC1.COC1CCCCC1.COc1ccccc1.COc1ccccc1.O=CCl.O=COCCCCCCOC=O.O=P.O=P.O=POCCCCCCOP=O.[HH].[HH]. The highest BCUT2D eigenvalue weighted by Crippen LogP contribution is 2.24. The van der Waals surface area contributed by atoms with Crippen LogP contribution in [0.4, 0.5) is 0 Å². The molecular weight excluding hydrogens is 996 g/mol. The summed E-state index contributed by atoms with van der Waals surface area (Å²) in [5, 5.41) is 0. The Morgan fingerprint density at radius 1 is 0.565 bits per heavy atom. The third-order valence-electron chi connectivity index (χ3n) is 8.88. The zero-order chi connectivity index (χ0) is 53.7. The van der Waals surface area contributed by atoms with Gasteiger partial charge in [0.05, 0.1) is 52.9 Å². The summed E-state index contributed by atoms with van der Waals surface area (Å²) < 4.78 is 74.1. The van der Waals surface area contributed by atoms with Gasteiger partial charge in [-0.25, -0.2) is 9.13 Å². The van der Waals surface area contributed by atoms with E-state index in [2.05, 4.69) is 37.0 Å². The van der Waals surface area contributed by atoms with Crippen LogP contribution in [0.15, 0.2) is 60.7 Å². The molecule has 0 unspecified atom stereocenters. The third kappa shape index (κ3) is 78.9. The Morgan fingerprint density at radius 2 is 0.870 bits per heavy atom. The van der Waals surface area contributed by atoms with Gasteiger partial charge in [-0.3, -0.25) is 32.6 Å². The molecule has 2 aliphatic carbocycles. The zero-order valence-corrected chi connectivity index (χ0v) is 46.1. The number of para-hydroxylation sites is 2. The van der Waals surface area contributed by atoms with Crippen molar-refractivity contribution in [1.29, 1.82) is 0 Å². The van der Waals surface area contributed by atoms with Crippen molar-refractivity contribution in [3.05, 3.63) is 60.7 Å². The first kappa shape index (κ1) is 79.6. The minimum absolute atomic E-state index is 0. The molecule has 69 heavy (non-hydrogen) atoms. The van der Waals surface area contributed by atoms with Crippen molar-refractivity contribution < 1.29 is 82.6 Å². The highest BCUT2D eigenvalue weighted by Gasteiger charge is 2.16. The first-order chi connectivity index (χ1) is 33.8. The first-order valence-electron chi connectivity index (χ1n) is 22.2. The first-order valence-corrected chi connectivity index (χ1v) is 24.9. The van der Waals surface area contributed by atoms with Gasteiger partial charge in [-0.15, -0.1) is 0 Å². The standard InChI is InChI=1S/C8H14O4.C8H16O.C7H14O.2C7H8O.C6H12O4P2.C2H4O.CHClO.CH2O.2HOP.2H2/c9-7-11-5-3-1-2-4-6-12-8-10;1-7-3-5-8(9-2)6-4-7;3*1-8-7-5-3-2-4-6-7;7-11-9-5-3-1-2-4-6-10-12-8;1-2-3;2-1-3;3*1-2;;/h7-8H,1-6H2;7-8H,3-6H2,1-2H3;7H,2-6H2,1H3;2*2-6H,1H3;1-6H2;2H,1H3;1H;1H2;2*2H;2*1H. The van der Waals surface area contributed by atoms with Crippen LogP contribution in [-0.4, -0.2) is 98.8 Å². The zero-order valence-electron chi connectivity index (χ0n) is 41.6. The number of carbonyl (C=O) groups excluding carboxylic acids is 5. The van der Waals surface area contributed by atoms with Gasteiger partial charge in [0.2, 0.25) is 5.75 Å². The molecule has 17 nitrogen and oxygen atoms in total. The van der Waals surface area contributed by atoms with Gasteiger partial charge in [0.1, 0.15) is 42.8 Å². The molecule has 2 saturated carbocycles. The maximum atomic E-state index is 9.80. The van der Waals surface area contributed by atoms with Gasteiger partial charge in [0, 0.05) is 17.1 Å². The average Bonchev–Trinajstić information content (AvgIpc) is 3.42. The third-order valence-corrected chi connectivity index (χ3v) is 9.45. The normalized spacial score (nSPS) is 13.6. The van der Waals surface area contributed by atoms with Crippen molar-refractivity contribution in [3.8, 4) is 11.5 Å². The van der Waals surface area contributed by atoms with Crippen LogP contribution in [0.3, 0.4) is 0 Å². The predicted octanol–water partition coefficient (Wildman–Crippen LogP) is 13.3. The van der Waals surface area contributed by atoms with Crippen LogP contribution in [0.1, 0.15) is 126 Å². The molecule has 0 aliphatic heterocycles. The predicted molar refractivity (Wildman–Crippen MR) is 280 cm³/mol. The molecule has 22 heteroatoms. The molecule has 2 aromatic rings. The van der Waals surface area contributed by atoms with Gasteiger partial charge in [0.15, 0.2) is 0 Å². The van der Waals surface area contributed by atoms with Gasteiger partial charge >= 0.3 is 17.4 Å². The van der Waals surface area contributed by atoms with Gasteiger partial charge in [0.25, 0.3) is 12.9 Å². The molecule has 0 atom stereocenters. The van der Waals surface area contributed by atoms with E-state index in [-0.39, 0.29) is 26.0 Å². The summed E-state index contributed by atoms with van der Waals surface area (Å²) in [5.41, 5.74) is 0. The molecule has 2 aromatic carbocycles. The van der Waals surface area contributed by atoms with E-state index in [1.807, 2.05) is 81.7 Å². The van der Waals surface area contributed by atoms with E-state index in [9.17, 15) is 18.7 Å². The number of ether oxygens (including phenoxy) is 6. The fraction of sp³-hybridized carbons (Fsp3) is 0.638. The number of aldehydes is 1.